The number of methoxy groups -OCH3 is 1. The van der Waals surface area contributed by atoms with E-state index < -0.39 is 0 Å². The van der Waals surface area contributed by atoms with Gasteiger partial charge in [-0.05, 0) is 55.3 Å². The number of ether oxygens (including phenoxy) is 1. The molecule has 1 saturated carbocycles. The fourth-order valence-electron chi connectivity index (χ4n) is 3.64. The van der Waals surface area contributed by atoms with Crippen molar-refractivity contribution in [2.24, 2.45) is 0 Å². The van der Waals surface area contributed by atoms with Crippen molar-refractivity contribution in [3.05, 3.63) is 29.8 Å². The normalized spacial score (nSPS) is 30.4. The molecular formula is C15H22ClNO. The Bertz CT molecular complexity index is 397. The maximum absolute atomic E-state index is 5.36. The molecule has 2 aliphatic rings. The molecule has 1 aromatic rings. The molecule has 1 N–H and O–H groups in total. The first kappa shape index (κ1) is 13.7. The molecule has 1 aliphatic carbocycles. The third-order valence-corrected chi connectivity index (χ3v) is 4.56. The van der Waals surface area contributed by atoms with Crippen LogP contribution in [0, 0.1) is 0 Å². The average Bonchev–Trinajstić information content (AvgIpc) is 2.39. The molecule has 2 bridgehead atoms. The Labute approximate surface area is 116 Å². The highest BCUT2D eigenvalue weighted by molar-refractivity contribution is 5.85. The van der Waals surface area contributed by atoms with E-state index in [2.05, 4.69) is 23.5 Å². The Morgan fingerprint density at radius 2 is 2.22 bits per heavy atom. The molecule has 2 atom stereocenters. The van der Waals surface area contributed by atoms with Crippen molar-refractivity contribution in [2.75, 3.05) is 13.7 Å². The minimum Gasteiger partial charge on any atom is -0.497 e. The van der Waals surface area contributed by atoms with Crippen LogP contribution in [0.4, 0.5) is 0 Å². The third-order valence-electron chi connectivity index (χ3n) is 4.56. The van der Waals surface area contributed by atoms with Crippen molar-refractivity contribution >= 4 is 12.4 Å². The highest BCUT2D eigenvalue weighted by Crippen LogP contribution is 2.44. The summed E-state index contributed by atoms with van der Waals surface area (Å²) in [4.78, 5) is 0. The molecule has 3 rings (SSSR count). The van der Waals surface area contributed by atoms with E-state index in [4.69, 9.17) is 4.74 Å². The smallest absolute Gasteiger partial charge is 0.119 e. The van der Waals surface area contributed by atoms with Gasteiger partial charge in [0.25, 0.3) is 0 Å². The second-order valence-electron chi connectivity index (χ2n) is 5.51. The molecule has 0 unspecified atom stereocenters. The number of hydrogen-bond acceptors (Lipinski definition) is 2. The second-order valence-corrected chi connectivity index (χ2v) is 5.51. The topological polar surface area (TPSA) is 21.3 Å². The Morgan fingerprint density at radius 3 is 3.06 bits per heavy atom. The van der Waals surface area contributed by atoms with E-state index in [-0.39, 0.29) is 12.4 Å². The summed E-state index contributed by atoms with van der Waals surface area (Å²) in [5.74, 6) is 0.998. The van der Waals surface area contributed by atoms with Crippen LogP contribution in [0.2, 0.25) is 0 Å². The van der Waals surface area contributed by atoms with Gasteiger partial charge in [0.05, 0.1) is 7.11 Å². The van der Waals surface area contributed by atoms with Gasteiger partial charge >= 0.3 is 0 Å². The molecule has 1 aromatic carbocycles. The monoisotopic (exact) mass is 267 g/mol. The van der Waals surface area contributed by atoms with E-state index in [9.17, 15) is 0 Å². The second kappa shape index (κ2) is 5.50. The van der Waals surface area contributed by atoms with Crippen LogP contribution in [0.15, 0.2) is 24.3 Å². The molecule has 2 nitrogen and oxygen atoms in total. The van der Waals surface area contributed by atoms with Gasteiger partial charge in [0, 0.05) is 6.04 Å². The molecular weight excluding hydrogens is 246 g/mol. The van der Waals surface area contributed by atoms with E-state index in [1.807, 2.05) is 6.07 Å². The predicted molar refractivity (Wildman–Crippen MR) is 76.8 cm³/mol. The molecule has 1 aliphatic heterocycles. The number of piperidine rings is 1. The zero-order valence-corrected chi connectivity index (χ0v) is 11.8. The Hall–Kier alpha value is -0.730. The molecule has 1 saturated heterocycles. The fraction of sp³-hybridized carbons (Fsp3) is 0.600. The largest absolute Gasteiger partial charge is 0.497 e. The van der Waals surface area contributed by atoms with E-state index >= 15 is 0 Å². The third kappa shape index (κ3) is 2.36. The first-order valence-electron chi connectivity index (χ1n) is 6.70. The molecule has 18 heavy (non-hydrogen) atoms. The number of rotatable bonds is 2. The number of halogens is 1. The average molecular weight is 268 g/mol. The van der Waals surface area contributed by atoms with E-state index in [1.54, 1.807) is 7.11 Å². The van der Waals surface area contributed by atoms with Gasteiger partial charge in [0.2, 0.25) is 0 Å². The van der Waals surface area contributed by atoms with E-state index in [0.717, 1.165) is 11.8 Å². The summed E-state index contributed by atoms with van der Waals surface area (Å²) in [5.41, 5.74) is 1.91. The summed E-state index contributed by atoms with van der Waals surface area (Å²) >= 11 is 0. The molecule has 2 fully saturated rings. The Balaban J connectivity index is 0.00000120. The molecule has 100 valence electrons. The van der Waals surface area contributed by atoms with Crippen LogP contribution < -0.4 is 10.1 Å². The van der Waals surface area contributed by atoms with Crippen LogP contribution in [0.25, 0.3) is 0 Å². The number of fused-ring (bicyclic) bond motifs is 2. The van der Waals surface area contributed by atoms with Gasteiger partial charge in [-0.3, -0.25) is 0 Å². The summed E-state index contributed by atoms with van der Waals surface area (Å²) in [6, 6.07) is 9.45. The van der Waals surface area contributed by atoms with Crippen LogP contribution in [0.5, 0.6) is 5.75 Å². The minimum atomic E-state index is 0. The van der Waals surface area contributed by atoms with Crippen LogP contribution in [0.3, 0.4) is 0 Å². The van der Waals surface area contributed by atoms with Gasteiger partial charge in [-0.2, -0.15) is 0 Å². The zero-order valence-electron chi connectivity index (χ0n) is 10.9. The number of hydrogen-bond donors (Lipinski definition) is 1. The fourth-order valence-corrected chi connectivity index (χ4v) is 3.64. The van der Waals surface area contributed by atoms with Crippen molar-refractivity contribution in [1.82, 2.24) is 5.32 Å². The summed E-state index contributed by atoms with van der Waals surface area (Å²) in [5, 5.41) is 3.64. The molecule has 3 heteroatoms. The van der Waals surface area contributed by atoms with Crippen molar-refractivity contribution in [3.8, 4) is 5.75 Å². The van der Waals surface area contributed by atoms with Gasteiger partial charge in [-0.25, -0.2) is 0 Å². The Kier molecular flexibility index (Phi) is 4.18. The minimum absolute atomic E-state index is 0. The lowest BCUT2D eigenvalue weighted by molar-refractivity contribution is 0.180. The van der Waals surface area contributed by atoms with Crippen LogP contribution >= 0.6 is 12.4 Å². The summed E-state index contributed by atoms with van der Waals surface area (Å²) < 4.78 is 5.36. The zero-order chi connectivity index (χ0) is 11.7. The number of nitrogens with one attached hydrogen (secondary N) is 1. The standard InChI is InChI=1S/C15H21NO.ClH/c1-17-14-6-2-4-12(10-14)15-7-3-5-13(11-15)16-9-8-15;/h2,4,6,10,13,16H,3,5,7-9,11H2,1H3;1H/t13-,15+;/m0./s1. The van der Waals surface area contributed by atoms with Gasteiger partial charge in [0.1, 0.15) is 5.75 Å². The molecule has 1 heterocycles. The van der Waals surface area contributed by atoms with Gasteiger partial charge in [-0.15, -0.1) is 12.4 Å². The molecule has 0 radical (unpaired) electrons. The molecule has 0 amide bonds. The van der Waals surface area contributed by atoms with E-state index in [0.29, 0.717) is 5.41 Å². The van der Waals surface area contributed by atoms with Crippen LogP contribution in [0.1, 0.15) is 37.7 Å². The van der Waals surface area contributed by atoms with Gasteiger partial charge in [-0.1, -0.05) is 18.6 Å². The maximum atomic E-state index is 5.36. The van der Waals surface area contributed by atoms with Crippen molar-refractivity contribution in [3.63, 3.8) is 0 Å². The van der Waals surface area contributed by atoms with Gasteiger partial charge < -0.3 is 10.1 Å². The van der Waals surface area contributed by atoms with Crippen molar-refractivity contribution in [1.29, 1.82) is 0 Å². The summed E-state index contributed by atoms with van der Waals surface area (Å²) in [6.07, 6.45) is 6.63. The van der Waals surface area contributed by atoms with Crippen LogP contribution in [-0.2, 0) is 5.41 Å². The maximum Gasteiger partial charge on any atom is 0.119 e. The summed E-state index contributed by atoms with van der Waals surface area (Å²) in [7, 11) is 1.75. The van der Waals surface area contributed by atoms with Gasteiger partial charge in [0.15, 0.2) is 0 Å². The molecule has 0 spiro atoms. The number of benzene rings is 1. The lowest BCUT2D eigenvalue weighted by Crippen LogP contribution is -2.49. The quantitative estimate of drug-likeness (QED) is 0.888. The first-order chi connectivity index (χ1) is 8.32. The lowest BCUT2D eigenvalue weighted by Gasteiger charge is -2.46. The SMILES string of the molecule is COc1cccc([C@@]23CCC[C@@H](C2)NCC3)c1.Cl. The first-order valence-corrected chi connectivity index (χ1v) is 6.70. The van der Waals surface area contributed by atoms with Crippen molar-refractivity contribution in [2.45, 2.75) is 43.6 Å². The highest BCUT2D eigenvalue weighted by atomic mass is 35.5. The van der Waals surface area contributed by atoms with Crippen LogP contribution in [-0.4, -0.2) is 19.7 Å². The van der Waals surface area contributed by atoms with Crippen molar-refractivity contribution < 1.29 is 4.74 Å². The highest BCUT2D eigenvalue weighted by Gasteiger charge is 2.40. The summed E-state index contributed by atoms with van der Waals surface area (Å²) in [6.45, 7) is 1.17. The molecule has 0 aromatic heterocycles. The lowest BCUT2D eigenvalue weighted by atomic mass is 9.64. The predicted octanol–water partition coefficient (Wildman–Crippen LogP) is 3.29. The van der Waals surface area contributed by atoms with E-state index in [1.165, 1.54) is 44.2 Å². The Morgan fingerprint density at radius 1 is 1.33 bits per heavy atom.